The SMILES string of the molecule is CCC[N+]1(Oc2ccccc2-c2ccccc2C)CCOCC1. The zero-order chi connectivity index (χ0) is 16.1. The molecule has 122 valence electrons. The number of hydrogen-bond acceptors (Lipinski definition) is 2. The minimum atomic E-state index is 0.666. The molecule has 1 aliphatic rings. The van der Waals surface area contributed by atoms with Crippen molar-refractivity contribution in [2.75, 3.05) is 32.8 Å². The Balaban J connectivity index is 1.95. The number of aryl methyl sites for hydroxylation is 1. The van der Waals surface area contributed by atoms with Crippen LogP contribution in [0.1, 0.15) is 18.9 Å². The van der Waals surface area contributed by atoms with E-state index in [1.54, 1.807) is 0 Å². The van der Waals surface area contributed by atoms with E-state index in [1.807, 2.05) is 0 Å². The van der Waals surface area contributed by atoms with E-state index in [2.05, 4.69) is 62.4 Å². The van der Waals surface area contributed by atoms with E-state index in [0.29, 0.717) is 4.65 Å². The maximum atomic E-state index is 6.58. The summed E-state index contributed by atoms with van der Waals surface area (Å²) in [5, 5.41) is 0. The lowest BCUT2D eigenvalue weighted by molar-refractivity contribution is -1.08. The Bertz CT molecular complexity index is 642. The zero-order valence-corrected chi connectivity index (χ0v) is 14.1. The summed E-state index contributed by atoms with van der Waals surface area (Å²) in [5.74, 6) is 0.970. The van der Waals surface area contributed by atoms with Gasteiger partial charge in [0.1, 0.15) is 19.6 Å². The Labute approximate surface area is 139 Å². The number of quaternary nitrogens is 1. The van der Waals surface area contributed by atoms with E-state index in [0.717, 1.165) is 45.0 Å². The molecule has 2 aromatic rings. The number of rotatable bonds is 5. The van der Waals surface area contributed by atoms with Crippen LogP contribution in [0, 0.1) is 6.92 Å². The van der Waals surface area contributed by atoms with E-state index in [9.17, 15) is 0 Å². The molecule has 3 nitrogen and oxygen atoms in total. The summed E-state index contributed by atoms with van der Waals surface area (Å²) in [5.41, 5.74) is 3.68. The minimum Gasteiger partial charge on any atom is -0.369 e. The van der Waals surface area contributed by atoms with Gasteiger partial charge in [0.05, 0.1) is 13.2 Å². The van der Waals surface area contributed by atoms with Crippen LogP contribution >= 0.6 is 0 Å². The lowest BCUT2D eigenvalue weighted by atomic mass is 10.00. The molecule has 1 fully saturated rings. The molecule has 0 bridgehead atoms. The van der Waals surface area contributed by atoms with Gasteiger partial charge < -0.3 is 9.57 Å². The number of benzene rings is 2. The second-order valence-corrected chi connectivity index (χ2v) is 6.24. The average Bonchev–Trinajstić information content (AvgIpc) is 2.57. The Kier molecular flexibility index (Phi) is 4.99. The summed E-state index contributed by atoms with van der Waals surface area (Å²) in [4.78, 5) is 6.58. The van der Waals surface area contributed by atoms with Gasteiger partial charge in [-0.1, -0.05) is 49.4 Å². The maximum Gasteiger partial charge on any atom is 0.198 e. The summed E-state index contributed by atoms with van der Waals surface area (Å²) in [7, 11) is 0. The van der Waals surface area contributed by atoms with Gasteiger partial charge in [-0.15, -0.1) is 4.65 Å². The molecule has 1 aliphatic heterocycles. The van der Waals surface area contributed by atoms with Crippen LogP contribution < -0.4 is 4.84 Å². The molecule has 0 radical (unpaired) electrons. The number of morpholine rings is 1. The number of para-hydroxylation sites is 1. The first-order valence-electron chi connectivity index (χ1n) is 8.52. The highest BCUT2D eigenvalue weighted by molar-refractivity contribution is 5.72. The van der Waals surface area contributed by atoms with E-state index in [4.69, 9.17) is 9.57 Å². The minimum absolute atomic E-state index is 0.666. The van der Waals surface area contributed by atoms with Crippen LogP contribution in [-0.4, -0.2) is 37.5 Å². The largest absolute Gasteiger partial charge is 0.369 e. The lowest BCUT2D eigenvalue weighted by Crippen LogP contribution is -2.57. The molecule has 0 aromatic heterocycles. The van der Waals surface area contributed by atoms with Crippen molar-refractivity contribution in [3.05, 3.63) is 54.1 Å². The summed E-state index contributed by atoms with van der Waals surface area (Å²) < 4.78 is 6.21. The summed E-state index contributed by atoms with van der Waals surface area (Å²) in [6, 6.07) is 16.9. The molecule has 0 spiro atoms. The van der Waals surface area contributed by atoms with Crippen LogP contribution in [0.15, 0.2) is 48.5 Å². The van der Waals surface area contributed by atoms with Gasteiger partial charge in [-0.2, -0.15) is 0 Å². The fraction of sp³-hybridized carbons (Fsp3) is 0.400. The standard InChI is InChI=1S/C20H26NO2/c1-3-12-21(13-15-22-16-14-21)23-20-11-7-6-10-19(20)18-9-5-4-8-17(18)2/h4-11H,3,12-16H2,1-2H3/q+1. The van der Waals surface area contributed by atoms with Crippen molar-refractivity contribution in [3.63, 3.8) is 0 Å². The molecule has 1 heterocycles. The third-order valence-electron chi connectivity index (χ3n) is 4.53. The predicted octanol–water partition coefficient (Wildman–Crippen LogP) is 4.21. The van der Waals surface area contributed by atoms with Gasteiger partial charge in [-0.3, -0.25) is 0 Å². The van der Waals surface area contributed by atoms with Gasteiger partial charge in [0.25, 0.3) is 0 Å². The number of hydroxylamine groups is 3. The summed E-state index contributed by atoms with van der Waals surface area (Å²) in [6.07, 6.45) is 1.10. The highest BCUT2D eigenvalue weighted by Crippen LogP contribution is 2.34. The van der Waals surface area contributed by atoms with Gasteiger partial charge in [0.2, 0.25) is 0 Å². The molecule has 2 aromatic carbocycles. The van der Waals surface area contributed by atoms with Crippen molar-refractivity contribution in [2.45, 2.75) is 20.3 Å². The van der Waals surface area contributed by atoms with Crippen LogP contribution in [0.4, 0.5) is 0 Å². The summed E-state index contributed by atoms with van der Waals surface area (Å²) >= 11 is 0. The molecule has 1 saturated heterocycles. The third kappa shape index (κ3) is 3.57. The first kappa shape index (κ1) is 16.0. The van der Waals surface area contributed by atoms with Crippen molar-refractivity contribution in [3.8, 4) is 16.9 Å². The van der Waals surface area contributed by atoms with Gasteiger partial charge in [0, 0.05) is 5.56 Å². The Morgan fingerprint density at radius 3 is 2.30 bits per heavy atom. The van der Waals surface area contributed by atoms with Crippen molar-refractivity contribution in [2.24, 2.45) is 0 Å². The lowest BCUT2D eigenvalue weighted by Gasteiger charge is -2.38. The van der Waals surface area contributed by atoms with Gasteiger partial charge >= 0.3 is 0 Å². The van der Waals surface area contributed by atoms with E-state index in [1.165, 1.54) is 16.7 Å². The Morgan fingerprint density at radius 2 is 1.61 bits per heavy atom. The zero-order valence-electron chi connectivity index (χ0n) is 14.1. The van der Waals surface area contributed by atoms with E-state index in [-0.39, 0.29) is 0 Å². The van der Waals surface area contributed by atoms with Gasteiger partial charge in [-0.05, 0) is 30.5 Å². The molecule has 3 heteroatoms. The first-order chi connectivity index (χ1) is 11.2. The van der Waals surface area contributed by atoms with Crippen molar-refractivity contribution >= 4 is 0 Å². The second-order valence-electron chi connectivity index (χ2n) is 6.24. The van der Waals surface area contributed by atoms with Gasteiger partial charge in [0.15, 0.2) is 5.75 Å². The molecule has 0 N–H and O–H groups in total. The van der Waals surface area contributed by atoms with Crippen LogP contribution in [0.2, 0.25) is 0 Å². The van der Waals surface area contributed by atoms with Crippen LogP contribution in [0.3, 0.4) is 0 Å². The quantitative estimate of drug-likeness (QED) is 0.770. The van der Waals surface area contributed by atoms with Crippen molar-refractivity contribution < 1.29 is 14.2 Å². The van der Waals surface area contributed by atoms with E-state index < -0.39 is 0 Å². The molecular weight excluding hydrogens is 286 g/mol. The molecule has 23 heavy (non-hydrogen) atoms. The second kappa shape index (κ2) is 7.16. The summed E-state index contributed by atoms with van der Waals surface area (Å²) in [6.45, 7) is 8.75. The van der Waals surface area contributed by atoms with Crippen molar-refractivity contribution in [1.82, 2.24) is 0 Å². The molecule has 0 saturated carbocycles. The molecule has 0 amide bonds. The molecule has 0 aliphatic carbocycles. The van der Waals surface area contributed by atoms with Crippen molar-refractivity contribution in [1.29, 1.82) is 0 Å². The first-order valence-corrected chi connectivity index (χ1v) is 8.52. The predicted molar refractivity (Wildman–Crippen MR) is 93.2 cm³/mol. The molecular formula is C20H26NO2+. The van der Waals surface area contributed by atoms with Crippen LogP contribution in [-0.2, 0) is 4.74 Å². The average molecular weight is 312 g/mol. The van der Waals surface area contributed by atoms with Crippen LogP contribution in [0.25, 0.3) is 11.1 Å². The molecule has 0 atom stereocenters. The topological polar surface area (TPSA) is 18.5 Å². The maximum absolute atomic E-state index is 6.58. The monoisotopic (exact) mass is 312 g/mol. The van der Waals surface area contributed by atoms with E-state index >= 15 is 0 Å². The number of nitrogens with zero attached hydrogens (tertiary/aromatic N) is 1. The van der Waals surface area contributed by atoms with Gasteiger partial charge in [-0.25, -0.2) is 0 Å². The number of ether oxygens (including phenoxy) is 1. The highest BCUT2D eigenvalue weighted by atomic mass is 16.7. The third-order valence-corrected chi connectivity index (χ3v) is 4.53. The molecule has 0 unspecified atom stereocenters. The number of hydrogen-bond donors (Lipinski definition) is 0. The smallest absolute Gasteiger partial charge is 0.198 e. The Morgan fingerprint density at radius 1 is 0.957 bits per heavy atom. The fourth-order valence-electron chi connectivity index (χ4n) is 3.30. The Hall–Kier alpha value is -1.84. The van der Waals surface area contributed by atoms with Crippen LogP contribution in [0.5, 0.6) is 5.75 Å². The normalized spacial score (nSPS) is 17.0. The fourth-order valence-corrected chi connectivity index (χ4v) is 3.30. The highest BCUT2D eigenvalue weighted by Gasteiger charge is 2.33. The molecule has 3 rings (SSSR count).